The van der Waals surface area contributed by atoms with Crippen molar-refractivity contribution in [3.05, 3.63) is 83.2 Å². The van der Waals surface area contributed by atoms with Crippen molar-refractivity contribution in [3.63, 3.8) is 0 Å². The highest BCUT2D eigenvalue weighted by molar-refractivity contribution is 7.82. The van der Waals surface area contributed by atoms with Gasteiger partial charge in [0.1, 0.15) is 0 Å². The van der Waals surface area contributed by atoms with Gasteiger partial charge in [-0.1, -0.05) is 99.6 Å². The van der Waals surface area contributed by atoms with E-state index in [0.29, 0.717) is 10.3 Å². The molecule has 0 bridgehead atoms. The molecule has 0 heterocycles. The fraction of sp³-hybridized carbons (Fsp3) is 0.273. The molecular formula is C22H26ClO2P. The summed E-state index contributed by atoms with van der Waals surface area (Å²) in [6.45, 7) is 10.5. The summed E-state index contributed by atoms with van der Waals surface area (Å²) in [5, 5.41) is 2.49. The van der Waals surface area contributed by atoms with E-state index in [-0.39, 0.29) is 12.0 Å². The Labute approximate surface area is 161 Å². The smallest absolute Gasteiger partial charge is 0.170 e. The van der Waals surface area contributed by atoms with Crippen LogP contribution in [0.1, 0.15) is 20.8 Å². The Morgan fingerprint density at radius 1 is 1.00 bits per heavy atom. The first-order chi connectivity index (χ1) is 12.2. The number of hydrogen-bond donors (Lipinski definition) is 0. The molecule has 0 N–H and O–H groups in total. The maximum absolute atomic E-state index is 14.5. The Bertz CT molecular complexity index is 790. The highest BCUT2D eigenvalue weighted by Gasteiger charge is 2.35. The number of benzene rings is 2. The van der Waals surface area contributed by atoms with Gasteiger partial charge in [0.25, 0.3) is 0 Å². The summed E-state index contributed by atoms with van der Waals surface area (Å²) in [5.41, 5.74) is 0.507. The van der Waals surface area contributed by atoms with Crippen LogP contribution in [0.15, 0.2) is 83.2 Å². The summed E-state index contributed by atoms with van der Waals surface area (Å²) >= 11 is 6.77. The van der Waals surface area contributed by atoms with Crippen molar-refractivity contribution < 1.29 is 9.30 Å². The first-order valence-electron chi connectivity index (χ1n) is 8.52. The van der Waals surface area contributed by atoms with Gasteiger partial charge in [-0.15, -0.1) is 0 Å². The summed E-state index contributed by atoms with van der Waals surface area (Å²) in [7, 11) is -1.58. The van der Waals surface area contributed by atoms with E-state index in [2.05, 4.69) is 6.58 Å². The average Bonchev–Trinajstić information content (AvgIpc) is 2.65. The maximum Gasteiger partial charge on any atom is 0.170 e. The van der Waals surface area contributed by atoms with E-state index in [4.69, 9.17) is 16.3 Å². The highest BCUT2D eigenvalue weighted by Crippen LogP contribution is 2.55. The first kappa shape index (κ1) is 20.7. The molecule has 0 aromatic heterocycles. The maximum atomic E-state index is 14.5. The van der Waals surface area contributed by atoms with Gasteiger partial charge in [-0.2, -0.15) is 0 Å². The number of halogens is 1. The molecule has 0 aliphatic heterocycles. The lowest BCUT2D eigenvalue weighted by Gasteiger charge is -2.28. The van der Waals surface area contributed by atoms with Crippen molar-refractivity contribution in [3.8, 4) is 0 Å². The largest absolute Gasteiger partial charge is 0.380 e. The predicted octanol–water partition coefficient (Wildman–Crippen LogP) is 5.70. The van der Waals surface area contributed by atoms with E-state index in [1.54, 1.807) is 7.11 Å². The standard InChI is InChI=1S/C22H26ClO2P/c1-17(22(2,3)4)21(23)20(16-25-5)26(24,18-12-8-6-9-13-18)19-14-10-7-11-15-19/h6-15H,1,16H2,2-5H3/b21-20-. The molecule has 0 atom stereocenters. The van der Waals surface area contributed by atoms with E-state index in [0.717, 1.165) is 16.2 Å². The van der Waals surface area contributed by atoms with Crippen LogP contribution in [0.4, 0.5) is 0 Å². The molecule has 26 heavy (non-hydrogen) atoms. The summed E-state index contributed by atoms with van der Waals surface area (Å²) in [6, 6.07) is 18.9. The third-order valence-corrected chi connectivity index (χ3v) is 8.08. The molecule has 0 fully saturated rings. The Morgan fingerprint density at radius 2 is 1.42 bits per heavy atom. The van der Waals surface area contributed by atoms with Gasteiger partial charge in [0.15, 0.2) is 7.14 Å². The molecule has 0 aliphatic carbocycles. The van der Waals surface area contributed by atoms with Crippen LogP contribution in [0.25, 0.3) is 0 Å². The lowest BCUT2D eigenvalue weighted by molar-refractivity contribution is 0.230. The molecule has 2 aromatic carbocycles. The second-order valence-corrected chi connectivity index (χ2v) is 10.4. The normalized spacial score (nSPS) is 13.3. The second kappa shape index (κ2) is 8.39. The topological polar surface area (TPSA) is 26.3 Å². The molecule has 0 saturated carbocycles. The predicted molar refractivity (Wildman–Crippen MR) is 113 cm³/mol. The zero-order valence-electron chi connectivity index (χ0n) is 15.8. The number of allylic oxidation sites excluding steroid dienone is 2. The van der Waals surface area contributed by atoms with Gasteiger partial charge in [0.05, 0.1) is 11.6 Å². The monoisotopic (exact) mass is 388 g/mol. The molecular weight excluding hydrogens is 363 g/mol. The second-order valence-electron chi connectivity index (χ2n) is 7.20. The SMILES string of the molecule is C=C(/C(Cl)=C(\COC)P(=O)(c1ccccc1)c1ccccc1)C(C)(C)C. The Balaban J connectivity index is 2.82. The van der Waals surface area contributed by atoms with Gasteiger partial charge in [0.2, 0.25) is 0 Å². The Hall–Kier alpha value is -1.60. The zero-order chi connectivity index (χ0) is 19.4. The van der Waals surface area contributed by atoms with Crippen molar-refractivity contribution in [2.45, 2.75) is 20.8 Å². The lowest BCUT2D eigenvalue weighted by atomic mass is 9.87. The van der Waals surface area contributed by atoms with Crippen LogP contribution in [0.2, 0.25) is 0 Å². The fourth-order valence-corrected chi connectivity index (χ4v) is 6.19. The number of ether oxygens (including phenoxy) is 1. The van der Waals surface area contributed by atoms with E-state index in [1.807, 2.05) is 81.4 Å². The van der Waals surface area contributed by atoms with Crippen molar-refractivity contribution in [1.29, 1.82) is 0 Å². The summed E-state index contributed by atoms with van der Waals surface area (Å²) in [5.74, 6) is 0. The number of hydrogen-bond acceptors (Lipinski definition) is 2. The minimum atomic E-state index is -3.17. The molecule has 2 rings (SSSR count). The molecule has 4 heteroatoms. The minimum Gasteiger partial charge on any atom is -0.380 e. The van der Waals surface area contributed by atoms with Gasteiger partial charge in [-0.3, -0.25) is 0 Å². The van der Waals surface area contributed by atoms with Crippen LogP contribution < -0.4 is 10.6 Å². The van der Waals surface area contributed by atoms with Crippen LogP contribution in [0.5, 0.6) is 0 Å². The van der Waals surface area contributed by atoms with Crippen LogP contribution in [0.3, 0.4) is 0 Å². The summed E-state index contributed by atoms with van der Waals surface area (Å²) in [6.07, 6.45) is 0. The molecule has 0 saturated heterocycles. The molecule has 138 valence electrons. The van der Waals surface area contributed by atoms with Crippen molar-refractivity contribution in [2.24, 2.45) is 5.41 Å². The third-order valence-electron chi connectivity index (χ3n) is 4.32. The average molecular weight is 389 g/mol. The first-order valence-corrected chi connectivity index (χ1v) is 10.6. The molecule has 2 nitrogen and oxygen atoms in total. The zero-order valence-corrected chi connectivity index (χ0v) is 17.5. The van der Waals surface area contributed by atoms with Gasteiger partial charge in [0, 0.05) is 23.0 Å². The van der Waals surface area contributed by atoms with Crippen molar-refractivity contribution in [1.82, 2.24) is 0 Å². The minimum absolute atomic E-state index is 0.176. The van der Waals surface area contributed by atoms with E-state index in [9.17, 15) is 4.57 Å². The fourth-order valence-electron chi connectivity index (χ4n) is 2.67. The number of methoxy groups -OCH3 is 1. The van der Waals surface area contributed by atoms with E-state index >= 15 is 0 Å². The highest BCUT2D eigenvalue weighted by atomic mass is 35.5. The summed E-state index contributed by atoms with van der Waals surface area (Å²) in [4.78, 5) is 0. The molecule has 0 amide bonds. The van der Waals surface area contributed by atoms with Gasteiger partial charge < -0.3 is 9.30 Å². The van der Waals surface area contributed by atoms with Crippen molar-refractivity contribution in [2.75, 3.05) is 13.7 Å². The summed E-state index contributed by atoms with van der Waals surface area (Å²) < 4.78 is 19.9. The molecule has 2 aromatic rings. The van der Waals surface area contributed by atoms with Gasteiger partial charge in [-0.25, -0.2) is 0 Å². The third kappa shape index (κ3) is 4.20. The van der Waals surface area contributed by atoms with Gasteiger partial charge in [-0.05, 0) is 11.0 Å². The van der Waals surface area contributed by atoms with E-state index in [1.165, 1.54) is 0 Å². The molecule has 0 unspecified atom stereocenters. The number of rotatable bonds is 6. The van der Waals surface area contributed by atoms with E-state index < -0.39 is 7.14 Å². The van der Waals surface area contributed by atoms with Crippen LogP contribution in [-0.2, 0) is 9.30 Å². The van der Waals surface area contributed by atoms with Crippen LogP contribution >= 0.6 is 18.7 Å². The molecule has 0 radical (unpaired) electrons. The quantitative estimate of drug-likeness (QED) is 0.468. The van der Waals surface area contributed by atoms with Crippen LogP contribution in [0, 0.1) is 5.41 Å². The molecule has 0 aliphatic rings. The van der Waals surface area contributed by atoms with Crippen molar-refractivity contribution >= 4 is 29.4 Å². The van der Waals surface area contributed by atoms with Crippen LogP contribution in [-0.4, -0.2) is 13.7 Å². The van der Waals surface area contributed by atoms with Gasteiger partial charge >= 0.3 is 0 Å². The lowest BCUT2D eigenvalue weighted by Crippen LogP contribution is -2.21. The Kier molecular flexibility index (Phi) is 6.69. The molecule has 0 spiro atoms. The Morgan fingerprint density at radius 3 is 1.77 bits per heavy atom.